The molecule has 1 aliphatic carbocycles. The topological polar surface area (TPSA) is 55.9 Å². The van der Waals surface area contributed by atoms with Crippen LogP contribution >= 0.6 is 0 Å². The molecule has 6 nitrogen and oxygen atoms in total. The summed E-state index contributed by atoms with van der Waals surface area (Å²) in [5.41, 5.74) is 0.914. The van der Waals surface area contributed by atoms with E-state index < -0.39 is 0 Å². The summed E-state index contributed by atoms with van der Waals surface area (Å²) in [6, 6.07) is 6.42. The molecule has 1 saturated heterocycles. The summed E-state index contributed by atoms with van der Waals surface area (Å²) in [5.74, 6) is -0.118. The van der Waals surface area contributed by atoms with Crippen LogP contribution in [0.4, 0.5) is 4.39 Å². The van der Waals surface area contributed by atoms with Gasteiger partial charge in [-0.3, -0.25) is 19.4 Å². The largest absolute Gasteiger partial charge is 0.352 e. The van der Waals surface area contributed by atoms with Gasteiger partial charge in [0.2, 0.25) is 11.8 Å². The Morgan fingerprint density at radius 2 is 1.75 bits per heavy atom. The van der Waals surface area contributed by atoms with E-state index in [-0.39, 0.29) is 29.7 Å². The number of carbonyl (C=O) groups is 2. The number of benzene rings is 1. The Kier molecular flexibility index (Phi) is 6.67. The zero-order chi connectivity index (χ0) is 20.3. The van der Waals surface area contributed by atoms with E-state index in [1.54, 1.807) is 24.1 Å². The van der Waals surface area contributed by atoms with Gasteiger partial charge in [0.25, 0.3) is 0 Å². The molecule has 2 atom stereocenters. The van der Waals surface area contributed by atoms with E-state index in [0.29, 0.717) is 12.6 Å². The summed E-state index contributed by atoms with van der Waals surface area (Å²) in [4.78, 5) is 30.9. The Morgan fingerprint density at radius 1 is 1.14 bits per heavy atom. The van der Waals surface area contributed by atoms with Crippen molar-refractivity contribution in [1.29, 1.82) is 0 Å². The number of hydrogen-bond acceptors (Lipinski definition) is 4. The van der Waals surface area contributed by atoms with Crippen LogP contribution in [0.25, 0.3) is 0 Å². The van der Waals surface area contributed by atoms with Gasteiger partial charge < -0.3 is 10.2 Å². The van der Waals surface area contributed by atoms with Crippen LogP contribution in [0, 0.1) is 5.82 Å². The third kappa shape index (κ3) is 5.29. The quantitative estimate of drug-likeness (QED) is 0.769. The number of amides is 2. The molecule has 0 bridgehead atoms. The second kappa shape index (κ2) is 9.01. The van der Waals surface area contributed by atoms with Crippen LogP contribution in [0.5, 0.6) is 0 Å². The smallest absolute Gasteiger partial charge is 0.237 e. The molecule has 1 aromatic carbocycles. The monoisotopic (exact) mass is 390 g/mol. The summed E-state index contributed by atoms with van der Waals surface area (Å²) >= 11 is 0. The van der Waals surface area contributed by atoms with Crippen molar-refractivity contribution in [2.24, 2.45) is 0 Å². The van der Waals surface area contributed by atoms with Crippen LogP contribution in [0.3, 0.4) is 0 Å². The van der Waals surface area contributed by atoms with Gasteiger partial charge in [-0.05, 0) is 44.4 Å². The van der Waals surface area contributed by atoms with E-state index >= 15 is 0 Å². The van der Waals surface area contributed by atoms with Gasteiger partial charge in [0, 0.05) is 39.3 Å². The van der Waals surface area contributed by atoms with Crippen molar-refractivity contribution in [2.45, 2.75) is 44.8 Å². The molecule has 1 aromatic rings. The first-order valence-electron chi connectivity index (χ1n) is 10.1. The number of nitrogens with one attached hydrogen (secondary N) is 1. The average Bonchev–Trinajstić information content (AvgIpc) is 3.51. The van der Waals surface area contributed by atoms with Gasteiger partial charge in [0.15, 0.2) is 0 Å². The Labute approximate surface area is 166 Å². The molecule has 7 heteroatoms. The molecule has 2 aliphatic rings. The van der Waals surface area contributed by atoms with E-state index in [1.807, 2.05) is 13.8 Å². The van der Waals surface area contributed by atoms with Crippen molar-refractivity contribution in [3.05, 3.63) is 35.6 Å². The fourth-order valence-electron chi connectivity index (χ4n) is 3.51. The third-order valence-corrected chi connectivity index (χ3v) is 5.94. The highest BCUT2D eigenvalue weighted by Gasteiger charge is 2.30. The maximum absolute atomic E-state index is 13.1. The minimum atomic E-state index is -0.275. The fourth-order valence-corrected chi connectivity index (χ4v) is 3.51. The lowest BCUT2D eigenvalue weighted by Gasteiger charge is -2.38. The normalized spacial score (nSPS) is 20.4. The Balaban J connectivity index is 1.44. The van der Waals surface area contributed by atoms with Crippen molar-refractivity contribution >= 4 is 11.8 Å². The molecule has 154 valence electrons. The SMILES string of the molecule is CC(C(=O)NC1CC1)N1CCN(CC(=O)N(C)C(C)c2ccc(F)cc2)CC1. The summed E-state index contributed by atoms with van der Waals surface area (Å²) in [5, 5.41) is 3.06. The van der Waals surface area contributed by atoms with E-state index in [4.69, 9.17) is 0 Å². The molecule has 2 fully saturated rings. The van der Waals surface area contributed by atoms with Crippen molar-refractivity contribution in [3.63, 3.8) is 0 Å². The Hall–Kier alpha value is -1.99. The van der Waals surface area contributed by atoms with Crippen LogP contribution in [0.2, 0.25) is 0 Å². The first-order valence-corrected chi connectivity index (χ1v) is 10.1. The highest BCUT2D eigenvalue weighted by molar-refractivity contribution is 5.82. The summed E-state index contributed by atoms with van der Waals surface area (Å²) in [6.07, 6.45) is 2.19. The number of carbonyl (C=O) groups excluding carboxylic acids is 2. The van der Waals surface area contributed by atoms with Gasteiger partial charge in [0.05, 0.1) is 18.6 Å². The first-order chi connectivity index (χ1) is 13.3. The lowest BCUT2D eigenvalue weighted by Crippen LogP contribution is -2.55. The van der Waals surface area contributed by atoms with E-state index in [9.17, 15) is 14.0 Å². The van der Waals surface area contributed by atoms with Crippen LogP contribution in [-0.2, 0) is 9.59 Å². The molecule has 3 rings (SSSR count). The molecule has 2 amide bonds. The van der Waals surface area contributed by atoms with Crippen molar-refractivity contribution in [3.8, 4) is 0 Å². The summed E-state index contributed by atoms with van der Waals surface area (Å²) < 4.78 is 13.1. The Bertz CT molecular complexity index is 684. The average molecular weight is 391 g/mol. The minimum absolute atomic E-state index is 0.0461. The predicted molar refractivity (Wildman–Crippen MR) is 106 cm³/mol. The molecular weight excluding hydrogens is 359 g/mol. The lowest BCUT2D eigenvalue weighted by molar-refractivity contribution is -0.134. The van der Waals surface area contributed by atoms with Gasteiger partial charge >= 0.3 is 0 Å². The summed E-state index contributed by atoms with van der Waals surface area (Å²) in [7, 11) is 1.79. The van der Waals surface area contributed by atoms with Gasteiger partial charge in [-0.25, -0.2) is 4.39 Å². The van der Waals surface area contributed by atoms with Gasteiger partial charge in [-0.1, -0.05) is 12.1 Å². The fraction of sp³-hybridized carbons (Fsp3) is 0.619. The number of hydrogen-bond donors (Lipinski definition) is 1. The molecule has 1 aliphatic heterocycles. The van der Waals surface area contributed by atoms with Gasteiger partial charge in [-0.2, -0.15) is 0 Å². The van der Waals surface area contributed by atoms with Crippen molar-refractivity contribution < 1.29 is 14.0 Å². The van der Waals surface area contributed by atoms with Crippen molar-refractivity contribution in [1.82, 2.24) is 20.0 Å². The molecule has 0 aromatic heterocycles. The third-order valence-electron chi connectivity index (χ3n) is 5.94. The molecule has 2 unspecified atom stereocenters. The van der Waals surface area contributed by atoms with E-state index in [2.05, 4.69) is 15.1 Å². The molecule has 0 spiro atoms. The van der Waals surface area contributed by atoms with E-state index in [1.165, 1.54) is 12.1 Å². The molecular formula is C21H31FN4O2. The van der Waals surface area contributed by atoms with Gasteiger partial charge in [0.1, 0.15) is 5.82 Å². The van der Waals surface area contributed by atoms with Crippen LogP contribution in [0.15, 0.2) is 24.3 Å². The second-order valence-electron chi connectivity index (χ2n) is 8.00. The first kappa shape index (κ1) is 20.7. The van der Waals surface area contributed by atoms with Crippen LogP contribution in [0.1, 0.15) is 38.3 Å². The maximum atomic E-state index is 13.1. The Morgan fingerprint density at radius 3 is 2.32 bits per heavy atom. The number of nitrogens with zero attached hydrogens (tertiary/aromatic N) is 3. The maximum Gasteiger partial charge on any atom is 0.237 e. The zero-order valence-electron chi connectivity index (χ0n) is 17.0. The molecule has 28 heavy (non-hydrogen) atoms. The van der Waals surface area contributed by atoms with E-state index in [0.717, 1.165) is 44.6 Å². The number of piperazine rings is 1. The van der Waals surface area contributed by atoms with Crippen LogP contribution < -0.4 is 5.32 Å². The van der Waals surface area contributed by atoms with Crippen molar-refractivity contribution in [2.75, 3.05) is 39.8 Å². The minimum Gasteiger partial charge on any atom is -0.352 e. The second-order valence-corrected chi connectivity index (χ2v) is 8.00. The number of rotatable bonds is 7. The predicted octanol–water partition coefficient (Wildman–Crippen LogP) is 1.63. The van der Waals surface area contributed by atoms with Crippen LogP contribution in [-0.4, -0.2) is 78.4 Å². The highest BCUT2D eigenvalue weighted by Crippen LogP contribution is 2.20. The summed E-state index contributed by atoms with van der Waals surface area (Å²) in [6.45, 7) is 7.36. The number of likely N-dealkylation sites (N-methyl/N-ethyl adjacent to an activating group) is 1. The zero-order valence-corrected chi connectivity index (χ0v) is 17.0. The highest BCUT2D eigenvalue weighted by atomic mass is 19.1. The number of halogens is 1. The molecule has 1 saturated carbocycles. The van der Waals surface area contributed by atoms with Gasteiger partial charge in [-0.15, -0.1) is 0 Å². The molecule has 1 heterocycles. The lowest BCUT2D eigenvalue weighted by atomic mass is 10.1. The molecule has 0 radical (unpaired) electrons. The molecule has 1 N–H and O–H groups in total. The standard InChI is InChI=1S/C21H31FN4O2/c1-15(17-4-6-18(22)7-5-17)24(3)20(27)14-25-10-12-26(13-11-25)16(2)21(28)23-19-8-9-19/h4-7,15-16,19H,8-14H2,1-3H3,(H,23,28).